The number of benzene rings is 1. The summed E-state index contributed by atoms with van der Waals surface area (Å²) in [6.45, 7) is 0.996. The maximum Gasteiger partial charge on any atom is 0.271 e. The molecule has 2 amide bonds. The first-order valence-electron chi connectivity index (χ1n) is 9.95. The molecule has 1 fully saturated rings. The lowest BCUT2D eigenvalue weighted by molar-refractivity contribution is -0.121. The number of rotatable bonds is 5. The second-order valence-electron chi connectivity index (χ2n) is 7.29. The first-order valence-corrected chi connectivity index (χ1v) is 10.3. The van der Waals surface area contributed by atoms with E-state index < -0.39 is 0 Å². The number of halogens is 1. The molecule has 9 heteroatoms. The number of H-pyrrole nitrogens is 1. The number of aromatic amines is 1. The average molecular weight is 440 g/mol. The lowest BCUT2D eigenvalue weighted by Gasteiger charge is -2.31. The molecule has 0 radical (unpaired) electrons. The zero-order chi connectivity index (χ0) is 21.8. The fourth-order valence-corrected chi connectivity index (χ4v) is 3.84. The van der Waals surface area contributed by atoms with Crippen molar-refractivity contribution in [2.24, 2.45) is 5.92 Å². The Morgan fingerprint density at radius 3 is 2.65 bits per heavy atom. The normalized spacial score (nSPS) is 14.3. The van der Waals surface area contributed by atoms with E-state index in [0.717, 1.165) is 0 Å². The number of carbonyl (C=O) groups is 2. The van der Waals surface area contributed by atoms with Crippen LogP contribution in [0, 0.1) is 5.92 Å². The Bertz CT molecular complexity index is 1080. The fourth-order valence-electron chi connectivity index (χ4n) is 3.58. The van der Waals surface area contributed by atoms with Gasteiger partial charge in [-0.2, -0.15) is 5.10 Å². The molecule has 1 aromatic carbocycles. The number of amides is 2. The maximum atomic E-state index is 12.8. The molecule has 8 nitrogen and oxygen atoms in total. The average Bonchev–Trinajstić information content (AvgIpc) is 3.30. The molecular weight excluding hydrogens is 418 g/mol. The van der Waals surface area contributed by atoms with E-state index in [1.54, 1.807) is 35.4 Å². The number of anilines is 1. The second kappa shape index (κ2) is 9.18. The third kappa shape index (κ3) is 4.69. The van der Waals surface area contributed by atoms with E-state index in [2.05, 4.69) is 20.5 Å². The standard InChI is InChI=1S/C22H22ClN5O3/c1-31-20-6-5-15(12-16(20)23)25-21(29)14-7-10-28(11-8-14)22(30)19-13-18(26-27-19)17-4-2-3-9-24-17/h2-6,9,12-14H,7-8,10-11H2,1H3,(H,25,29)(H,26,27). The minimum atomic E-state index is -0.171. The summed E-state index contributed by atoms with van der Waals surface area (Å²) in [5.74, 6) is 0.176. The molecule has 1 aliphatic rings. The van der Waals surface area contributed by atoms with E-state index in [9.17, 15) is 9.59 Å². The molecule has 3 heterocycles. The van der Waals surface area contributed by atoms with Crippen LogP contribution in [0.4, 0.5) is 5.69 Å². The van der Waals surface area contributed by atoms with Crippen molar-refractivity contribution in [3.63, 3.8) is 0 Å². The molecular formula is C22H22ClN5O3. The Morgan fingerprint density at radius 2 is 1.97 bits per heavy atom. The van der Waals surface area contributed by atoms with Gasteiger partial charge < -0.3 is 15.0 Å². The highest BCUT2D eigenvalue weighted by atomic mass is 35.5. The van der Waals surface area contributed by atoms with Crippen molar-refractivity contribution in [3.8, 4) is 17.1 Å². The molecule has 0 aliphatic carbocycles. The number of nitrogens with zero attached hydrogens (tertiary/aromatic N) is 3. The lowest BCUT2D eigenvalue weighted by Crippen LogP contribution is -2.41. The van der Waals surface area contributed by atoms with Crippen molar-refractivity contribution < 1.29 is 14.3 Å². The Balaban J connectivity index is 1.33. The summed E-state index contributed by atoms with van der Waals surface area (Å²) < 4.78 is 5.13. The van der Waals surface area contributed by atoms with Gasteiger partial charge in [0.2, 0.25) is 5.91 Å². The van der Waals surface area contributed by atoms with E-state index >= 15 is 0 Å². The summed E-state index contributed by atoms with van der Waals surface area (Å²) in [5.41, 5.74) is 2.36. The van der Waals surface area contributed by atoms with E-state index in [4.69, 9.17) is 16.3 Å². The Labute approximate surface area is 184 Å². The third-order valence-corrected chi connectivity index (χ3v) is 5.60. The largest absolute Gasteiger partial charge is 0.495 e. The molecule has 31 heavy (non-hydrogen) atoms. The molecule has 0 unspecified atom stereocenters. The van der Waals surface area contributed by atoms with Gasteiger partial charge in [0.15, 0.2) is 0 Å². The van der Waals surface area contributed by atoms with Gasteiger partial charge in [-0.1, -0.05) is 17.7 Å². The van der Waals surface area contributed by atoms with Crippen LogP contribution < -0.4 is 10.1 Å². The minimum Gasteiger partial charge on any atom is -0.495 e. The number of piperidine rings is 1. The maximum absolute atomic E-state index is 12.8. The summed E-state index contributed by atoms with van der Waals surface area (Å²) in [6.07, 6.45) is 2.85. The van der Waals surface area contributed by atoms with Crippen LogP contribution in [-0.2, 0) is 4.79 Å². The van der Waals surface area contributed by atoms with Gasteiger partial charge in [0, 0.05) is 30.9 Å². The molecule has 2 aromatic heterocycles. The van der Waals surface area contributed by atoms with Crippen LogP contribution in [0.2, 0.25) is 5.02 Å². The van der Waals surface area contributed by atoms with Gasteiger partial charge in [-0.3, -0.25) is 19.7 Å². The molecule has 4 rings (SSSR count). The van der Waals surface area contributed by atoms with E-state index in [1.165, 1.54) is 7.11 Å². The number of pyridine rings is 1. The summed E-state index contributed by atoms with van der Waals surface area (Å²) >= 11 is 6.12. The molecule has 0 saturated carbocycles. The Morgan fingerprint density at radius 1 is 1.16 bits per heavy atom. The van der Waals surface area contributed by atoms with Crippen LogP contribution in [0.25, 0.3) is 11.4 Å². The summed E-state index contributed by atoms with van der Waals surface area (Å²) in [5, 5.41) is 10.3. The highest BCUT2D eigenvalue weighted by Crippen LogP contribution is 2.28. The predicted molar refractivity (Wildman–Crippen MR) is 117 cm³/mol. The smallest absolute Gasteiger partial charge is 0.271 e. The first-order chi connectivity index (χ1) is 15.0. The summed E-state index contributed by atoms with van der Waals surface area (Å²) in [6, 6.07) is 12.4. The lowest BCUT2D eigenvalue weighted by atomic mass is 9.95. The molecule has 0 atom stereocenters. The van der Waals surface area contributed by atoms with Crippen LogP contribution in [0.15, 0.2) is 48.7 Å². The van der Waals surface area contributed by atoms with E-state index in [-0.39, 0.29) is 17.7 Å². The number of ether oxygens (including phenoxy) is 1. The van der Waals surface area contributed by atoms with Gasteiger partial charge >= 0.3 is 0 Å². The number of methoxy groups -OCH3 is 1. The van der Waals surface area contributed by atoms with Gasteiger partial charge in [-0.25, -0.2) is 0 Å². The predicted octanol–water partition coefficient (Wildman–Crippen LogP) is 3.62. The van der Waals surface area contributed by atoms with Crippen molar-refractivity contribution in [2.45, 2.75) is 12.8 Å². The second-order valence-corrected chi connectivity index (χ2v) is 7.69. The van der Waals surface area contributed by atoms with Gasteiger partial charge in [0.25, 0.3) is 5.91 Å². The van der Waals surface area contributed by atoms with Gasteiger partial charge in [0.05, 0.1) is 17.8 Å². The van der Waals surface area contributed by atoms with Crippen molar-refractivity contribution in [3.05, 3.63) is 59.4 Å². The number of aromatic nitrogens is 3. The quantitative estimate of drug-likeness (QED) is 0.632. The van der Waals surface area contributed by atoms with Crippen LogP contribution in [-0.4, -0.2) is 52.1 Å². The minimum absolute atomic E-state index is 0.0766. The van der Waals surface area contributed by atoms with Crippen LogP contribution in [0.3, 0.4) is 0 Å². The topological polar surface area (TPSA) is 100 Å². The number of likely N-dealkylation sites (tertiary alicyclic amines) is 1. The van der Waals surface area contributed by atoms with Gasteiger partial charge in [-0.05, 0) is 49.2 Å². The van der Waals surface area contributed by atoms with Crippen molar-refractivity contribution in [1.82, 2.24) is 20.1 Å². The molecule has 3 aromatic rings. The van der Waals surface area contributed by atoms with E-state index in [0.29, 0.717) is 59.5 Å². The molecule has 1 aliphatic heterocycles. The zero-order valence-electron chi connectivity index (χ0n) is 17.0. The zero-order valence-corrected chi connectivity index (χ0v) is 17.7. The highest BCUT2D eigenvalue weighted by Gasteiger charge is 2.28. The molecule has 1 saturated heterocycles. The van der Waals surface area contributed by atoms with Crippen LogP contribution in [0.1, 0.15) is 23.3 Å². The highest BCUT2D eigenvalue weighted by molar-refractivity contribution is 6.32. The molecule has 0 bridgehead atoms. The van der Waals surface area contributed by atoms with Crippen LogP contribution in [0.5, 0.6) is 5.75 Å². The Hall–Kier alpha value is -3.39. The Kier molecular flexibility index (Phi) is 6.18. The van der Waals surface area contributed by atoms with Gasteiger partial charge in [0.1, 0.15) is 17.1 Å². The SMILES string of the molecule is COc1ccc(NC(=O)C2CCN(C(=O)c3cc(-c4ccccn4)n[nH]3)CC2)cc1Cl. The first kappa shape index (κ1) is 20.9. The third-order valence-electron chi connectivity index (χ3n) is 5.31. The number of nitrogens with one attached hydrogen (secondary N) is 2. The molecule has 160 valence electrons. The summed E-state index contributed by atoms with van der Waals surface area (Å²) in [7, 11) is 1.54. The monoisotopic (exact) mass is 439 g/mol. The number of hydrogen-bond acceptors (Lipinski definition) is 5. The molecule has 2 N–H and O–H groups in total. The van der Waals surface area contributed by atoms with E-state index in [1.807, 2.05) is 18.2 Å². The molecule has 0 spiro atoms. The van der Waals surface area contributed by atoms with Crippen molar-refractivity contribution in [1.29, 1.82) is 0 Å². The van der Waals surface area contributed by atoms with Gasteiger partial charge in [-0.15, -0.1) is 0 Å². The fraction of sp³-hybridized carbons (Fsp3) is 0.273. The number of carbonyl (C=O) groups excluding carboxylic acids is 2. The van der Waals surface area contributed by atoms with Crippen molar-refractivity contribution in [2.75, 3.05) is 25.5 Å². The van der Waals surface area contributed by atoms with Crippen LogP contribution >= 0.6 is 11.6 Å². The summed E-state index contributed by atoms with van der Waals surface area (Å²) in [4.78, 5) is 31.4. The number of hydrogen-bond donors (Lipinski definition) is 2. The van der Waals surface area contributed by atoms with Crippen molar-refractivity contribution >= 4 is 29.1 Å².